The van der Waals surface area contributed by atoms with Crippen molar-refractivity contribution in [1.29, 1.82) is 0 Å². The number of rotatable bonds is 8. The van der Waals surface area contributed by atoms with Crippen molar-refractivity contribution in [2.24, 2.45) is 0 Å². The van der Waals surface area contributed by atoms with E-state index in [1.54, 1.807) is 26.4 Å². The van der Waals surface area contributed by atoms with E-state index in [4.69, 9.17) is 9.47 Å². The molecule has 0 atom stereocenters. The number of hydrogen-bond donors (Lipinski definition) is 1. The number of anilines is 1. The topological polar surface area (TPSA) is 73.3 Å². The van der Waals surface area contributed by atoms with Crippen molar-refractivity contribution in [3.8, 4) is 11.5 Å². The van der Waals surface area contributed by atoms with E-state index in [0.29, 0.717) is 16.6 Å². The molecular formula is C17H21N3O3S. The number of ether oxygens (including phenoxy) is 2. The van der Waals surface area contributed by atoms with Gasteiger partial charge in [0.15, 0.2) is 0 Å². The molecule has 1 heterocycles. The quantitative estimate of drug-likeness (QED) is 0.739. The number of nitrogens with one attached hydrogen (secondary N) is 1. The summed E-state index contributed by atoms with van der Waals surface area (Å²) in [6.07, 6.45) is 6.19. The van der Waals surface area contributed by atoms with Crippen LogP contribution in [0.5, 0.6) is 11.5 Å². The van der Waals surface area contributed by atoms with E-state index in [1.165, 1.54) is 17.4 Å². The Kier molecular flexibility index (Phi) is 6.74. The number of carbonyl (C=O) groups is 1. The highest BCUT2D eigenvalue weighted by molar-refractivity contribution is 7.15. The Hall–Kier alpha value is -2.41. The third-order valence-electron chi connectivity index (χ3n) is 3.30. The van der Waals surface area contributed by atoms with Gasteiger partial charge in [0, 0.05) is 24.1 Å². The van der Waals surface area contributed by atoms with Crippen LogP contribution in [0.1, 0.15) is 30.3 Å². The van der Waals surface area contributed by atoms with Crippen LogP contribution in [0.3, 0.4) is 0 Å². The molecule has 0 fully saturated rings. The molecule has 7 heteroatoms. The van der Waals surface area contributed by atoms with Gasteiger partial charge in [0.2, 0.25) is 11.0 Å². The highest BCUT2D eigenvalue weighted by atomic mass is 32.1. The first-order valence-electron chi connectivity index (χ1n) is 7.69. The number of nitrogens with zero attached hydrogens (tertiary/aromatic N) is 2. The molecule has 0 unspecified atom stereocenters. The molecule has 6 nitrogen and oxygen atoms in total. The van der Waals surface area contributed by atoms with Crippen LogP contribution in [-0.4, -0.2) is 30.3 Å². The molecule has 0 aliphatic rings. The number of unbranched alkanes of at least 4 members (excludes halogenated alkanes) is 1. The van der Waals surface area contributed by atoms with Crippen LogP contribution < -0.4 is 14.8 Å². The Labute approximate surface area is 145 Å². The predicted octanol–water partition coefficient (Wildman–Crippen LogP) is 3.55. The van der Waals surface area contributed by atoms with Crippen molar-refractivity contribution >= 4 is 28.5 Å². The maximum absolute atomic E-state index is 12.0. The maximum atomic E-state index is 12.0. The number of amides is 1. The average molecular weight is 347 g/mol. The predicted molar refractivity (Wildman–Crippen MR) is 95.7 cm³/mol. The van der Waals surface area contributed by atoms with Crippen molar-refractivity contribution in [3.05, 3.63) is 34.8 Å². The number of methoxy groups -OCH3 is 2. The summed E-state index contributed by atoms with van der Waals surface area (Å²) >= 11 is 1.41. The minimum Gasteiger partial charge on any atom is -0.497 e. The Morgan fingerprint density at radius 3 is 2.83 bits per heavy atom. The fourth-order valence-electron chi connectivity index (χ4n) is 2.00. The minimum atomic E-state index is -0.258. The van der Waals surface area contributed by atoms with Gasteiger partial charge < -0.3 is 9.47 Å². The molecule has 1 N–H and O–H groups in total. The van der Waals surface area contributed by atoms with E-state index in [1.807, 2.05) is 12.1 Å². The Balaban J connectivity index is 1.99. The Morgan fingerprint density at radius 1 is 1.29 bits per heavy atom. The van der Waals surface area contributed by atoms with Crippen molar-refractivity contribution in [2.45, 2.75) is 26.2 Å². The maximum Gasteiger partial charge on any atom is 0.250 e. The van der Waals surface area contributed by atoms with Crippen molar-refractivity contribution in [3.63, 3.8) is 0 Å². The molecule has 1 aromatic carbocycles. The summed E-state index contributed by atoms with van der Waals surface area (Å²) in [5.74, 6) is 1.07. The lowest BCUT2D eigenvalue weighted by molar-refractivity contribution is -0.111. The van der Waals surface area contributed by atoms with E-state index in [0.717, 1.165) is 29.8 Å². The van der Waals surface area contributed by atoms with E-state index < -0.39 is 0 Å². The van der Waals surface area contributed by atoms with Crippen molar-refractivity contribution < 1.29 is 14.3 Å². The second-order valence-electron chi connectivity index (χ2n) is 5.03. The molecule has 1 amide bonds. The molecule has 128 valence electrons. The van der Waals surface area contributed by atoms with Gasteiger partial charge in [-0.15, -0.1) is 10.2 Å². The van der Waals surface area contributed by atoms with E-state index in [-0.39, 0.29) is 5.91 Å². The van der Waals surface area contributed by atoms with E-state index in [9.17, 15) is 4.79 Å². The molecule has 0 saturated heterocycles. The van der Waals surface area contributed by atoms with Gasteiger partial charge in [0.25, 0.3) is 0 Å². The summed E-state index contributed by atoms with van der Waals surface area (Å²) in [7, 11) is 3.17. The van der Waals surface area contributed by atoms with Gasteiger partial charge in [-0.25, -0.2) is 0 Å². The summed E-state index contributed by atoms with van der Waals surface area (Å²) in [4.78, 5) is 12.0. The van der Waals surface area contributed by atoms with Gasteiger partial charge >= 0.3 is 0 Å². The van der Waals surface area contributed by atoms with Crippen LogP contribution in [0.25, 0.3) is 6.08 Å². The Morgan fingerprint density at radius 2 is 2.12 bits per heavy atom. The summed E-state index contributed by atoms with van der Waals surface area (Å²) in [6.45, 7) is 2.13. The first-order chi connectivity index (χ1) is 11.7. The van der Waals surface area contributed by atoms with E-state index in [2.05, 4.69) is 22.4 Å². The second kappa shape index (κ2) is 9.02. The molecule has 1 aromatic heterocycles. The standard InChI is InChI=1S/C17H21N3O3S/c1-4-5-6-16-19-20-17(24-16)18-15(21)10-8-12-7-9-13(22-2)11-14(12)23-3/h7-11H,4-6H2,1-3H3,(H,18,20,21)/b10-8+. The fourth-order valence-corrected chi connectivity index (χ4v) is 2.79. The molecule has 24 heavy (non-hydrogen) atoms. The molecule has 2 aromatic rings. The lowest BCUT2D eigenvalue weighted by Gasteiger charge is -2.07. The smallest absolute Gasteiger partial charge is 0.250 e. The molecule has 0 aliphatic heterocycles. The number of aryl methyl sites for hydroxylation is 1. The highest BCUT2D eigenvalue weighted by Crippen LogP contribution is 2.25. The average Bonchev–Trinajstić information content (AvgIpc) is 3.05. The van der Waals surface area contributed by atoms with Gasteiger partial charge in [0.05, 0.1) is 14.2 Å². The normalized spacial score (nSPS) is 10.8. The number of aromatic nitrogens is 2. The van der Waals surface area contributed by atoms with Crippen molar-refractivity contribution in [2.75, 3.05) is 19.5 Å². The summed E-state index contributed by atoms with van der Waals surface area (Å²) < 4.78 is 10.4. The molecule has 2 rings (SSSR count). The van der Waals surface area contributed by atoms with Crippen molar-refractivity contribution in [1.82, 2.24) is 10.2 Å². The zero-order chi connectivity index (χ0) is 17.4. The second-order valence-corrected chi connectivity index (χ2v) is 6.10. The van der Waals surface area contributed by atoms with Gasteiger partial charge in [-0.05, 0) is 24.6 Å². The minimum absolute atomic E-state index is 0.258. The molecule has 0 spiro atoms. The zero-order valence-corrected chi connectivity index (χ0v) is 14.9. The SMILES string of the molecule is CCCCc1nnc(NC(=O)/C=C/c2ccc(OC)cc2OC)s1. The van der Waals surface area contributed by atoms with Gasteiger partial charge in [-0.1, -0.05) is 24.7 Å². The summed E-state index contributed by atoms with van der Waals surface area (Å²) in [5.41, 5.74) is 0.786. The van der Waals surface area contributed by atoms with Crippen LogP contribution in [0, 0.1) is 0 Å². The zero-order valence-electron chi connectivity index (χ0n) is 14.0. The fraction of sp³-hybridized carbons (Fsp3) is 0.353. The number of carbonyl (C=O) groups excluding carboxylic acids is 1. The monoisotopic (exact) mass is 347 g/mol. The van der Waals surface area contributed by atoms with Crippen LogP contribution >= 0.6 is 11.3 Å². The molecule has 0 bridgehead atoms. The van der Waals surface area contributed by atoms with Crippen LogP contribution in [0.15, 0.2) is 24.3 Å². The van der Waals surface area contributed by atoms with Gasteiger partial charge in [-0.3, -0.25) is 10.1 Å². The molecule has 0 saturated carbocycles. The molecule has 0 radical (unpaired) electrons. The first kappa shape index (κ1) is 17.9. The van der Waals surface area contributed by atoms with Crippen LogP contribution in [0.2, 0.25) is 0 Å². The third kappa shape index (κ3) is 5.06. The largest absolute Gasteiger partial charge is 0.497 e. The highest BCUT2D eigenvalue weighted by Gasteiger charge is 2.07. The molecular weight excluding hydrogens is 326 g/mol. The lowest BCUT2D eigenvalue weighted by Crippen LogP contribution is -2.07. The number of hydrogen-bond acceptors (Lipinski definition) is 6. The first-order valence-corrected chi connectivity index (χ1v) is 8.51. The number of benzene rings is 1. The van der Waals surface area contributed by atoms with Gasteiger partial charge in [-0.2, -0.15) is 0 Å². The third-order valence-corrected chi connectivity index (χ3v) is 4.19. The summed E-state index contributed by atoms with van der Waals surface area (Å²) in [6, 6.07) is 5.41. The van der Waals surface area contributed by atoms with Crippen LogP contribution in [0.4, 0.5) is 5.13 Å². The van der Waals surface area contributed by atoms with Gasteiger partial charge in [0.1, 0.15) is 16.5 Å². The lowest BCUT2D eigenvalue weighted by atomic mass is 10.1. The van der Waals surface area contributed by atoms with E-state index >= 15 is 0 Å². The summed E-state index contributed by atoms with van der Waals surface area (Å²) in [5, 5.41) is 12.2. The Bertz CT molecular complexity index is 713. The van der Waals surface area contributed by atoms with Crippen LogP contribution in [-0.2, 0) is 11.2 Å². The molecule has 0 aliphatic carbocycles.